The molecule has 14 heavy (non-hydrogen) atoms. The van der Waals surface area contributed by atoms with E-state index in [9.17, 15) is 4.39 Å². The van der Waals surface area contributed by atoms with Crippen LogP contribution in [0.3, 0.4) is 0 Å². The number of rotatable bonds is 3. The van der Waals surface area contributed by atoms with E-state index >= 15 is 0 Å². The van der Waals surface area contributed by atoms with Gasteiger partial charge in [0.15, 0.2) is 0 Å². The van der Waals surface area contributed by atoms with Crippen LogP contribution in [0.4, 0.5) is 4.39 Å². The van der Waals surface area contributed by atoms with Crippen molar-refractivity contribution < 1.29 is 4.39 Å². The normalized spacial score (nSPS) is 17.3. The van der Waals surface area contributed by atoms with Crippen molar-refractivity contribution >= 4 is 12.4 Å². The van der Waals surface area contributed by atoms with Crippen LogP contribution in [0.5, 0.6) is 0 Å². The number of hydrogen-bond acceptors (Lipinski definition) is 1. The molecule has 2 rings (SSSR count). The second-order valence-corrected chi connectivity index (χ2v) is 3.71. The first-order chi connectivity index (χ1) is 6.25. The summed E-state index contributed by atoms with van der Waals surface area (Å²) in [7, 11) is 0. The topological polar surface area (TPSA) is 12.0 Å². The molecule has 1 saturated carbocycles. The lowest BCUT2D eigenvalue weighted by molar-refractivity contribution is 0.568. The summed E-state index contributed by atoms with van der Waals surface area (Å²) in [5.74, 6) is -0.164. The van der Waals surface area contributed by atoms with Crippen molar-refractivity contribution in [3.05, 3.63) is 35.6 Å². The van der Waals surface area contributed by atoms with Crippen LogP contribution in [0.1, 0.15) is 31.4 Å². The van der Waals surface area contributed by atoms with E-state index in [1.807, 2.05) is 12.1 Å². The Morgan fingerprint density at radius 2 is 1.86 bits per heavy atom. The van der Waals surface area contributed by atoms with Gasteiger partial charge in [-0.1, -0.05) is 12.1 Å². The van der Waals surface area contributed by atoms with Gasteiger partial charge in [-0.05, 0) is 37.5 Å². The Labute approximate surface area is 90.1 Å². The zero-order valence-corrected chi connectivity index (χ0v) is 8.98. The molecule has 78 valence electrons. The highest BCUT2D eigenvalue weighted by molar-refractivity contribution is 5.85. The monoisotopic (exact) mass is 215 g/mol. The van der Waals surface area contributed by atoms with Crippen LogP contribution in [0.25, 0.3) is 0 Å². The molecule has 0 aliphatic heterocycles. The van der Waals surface area contributed by atoms with Crippen molar-refractivity contribution in [2.45, 2.75) is 31.8 Å². The summed E-state index contributed by atoms with van der Waals surface area (Å²) >= 11 is 0. The van der Waals surface area contributed by atoms with Gasteiger partial charge in [0.1, 0.15) is 5.82 Å². The lowest BCUT2D eigenvalue weighted by Gasteiger charge is -2.13. The Balaban J connectivity index is 0.000000980. The molecule has 0 spiro atoms. The van der Waals surface area contributed by atoms with Gasteiger partial charge in [0.05, 0.1) is 0 Å². The molecule has 1 fully saturated rings. The summed E-state index contributed by atoms with van der Waals surface area (Å²) in [6, 6.07) is 7.75. The molecule has 0 bridgehead atoms. The van der Waals surface area contributed by atoms with Crippen LogP contribution in [0.2, 0.25) is 0 Å². The highest BCUT2D eigenvalue weighted by Gasteiger charge is 2.22. The Morgan fingerprint density at radius 3 is 2.36 bits per heavy atom. The lowest BCUT2D eigenvalue weighted by Crippen LogP contribution is -2.20. The maximum Gasteiger partial charge on any atom is 0.123 e. The van der Waals surface area contributed by atoms with Gasteiger partial charge in [-0.15, -0.1) is 12.4 Å². The van der Waals surface area contributed by atoms with Gasteiger partial charge < -0.3 is 5.32 Å². The zero-order chi connectivity index (χ0) is 9.26. The maximum atomic E-state index is 12.6. The van der Waals surface area contributed by atoms with Crippen LogP contribution in [-0.4, -0.2) is 6.04 Å². The first kappa shape index (κ1) is 11.5. The van der Waals surface area contributed by atoms with Crippen molar-refractivity contribution in [1.82, 2.24) is 5.32 Å². The predicted molar refractivity (Wildman–Crippen MR) is 58.2 cm³/mol. The molecule has 1 unspecified atom stereocenters. The molecule has 1 aliphatic rings. The van der Waals surface area contributed by atoms with Crippen molar-refractivity contribution in [3.63, 3.8) is 0 Å². The van der Waals surface area contributed by atoms with E-state index < -0.39 is 0 Å². The average Bonchev–Trinajstić information content (AvgIpc) is 2.89. The van der Waals surface area contributed by atoms with E-state index in [-0.39, 0.29) is 18.2 Å². The standard InChI is InChI=1S/C11H14FN.ClH/c1-8(13-11-6-7-11)9-2-4-10(12)5-3-9;/h2-5,8,11,13H,6-7H2,1H3;1H. The van der Waals surface area contributed by atoms with Gasteiger partial charge in [-0.25, -0.2) is 4.39 Å². The summed E-state index contributed by atoms with van der Waals surface area (Å²) in [6.45, 7) is 2.12. The van der Waals surface area contributed by atoms with Crippen molar-refractivity contribution in [2.75, 3.05) is 0 Å². The molecular formula is C11H15ClFN. The molecule has 0 heterocycles. The Kier molecular flexibility index (Phi) is 3.90. The molecule has 0 radical (unpaired) electrons. The Morgan fingerprint density at radius 1 is 1.29 bits per heavy atom. The summed E-state index contributed by atoms with van der Waals surface area (Å²) < 4.78 is 12.6. The highest BCUT2D eigenvalue weighted by Crippen LogP contribution is 2.23. The fourth-order valence-corrected chi connectivity index (χ4v) is 1.45. The van der Waals surface area contributed by atoms with E-state index in [2.05, 4.69) is 12.2 Å². The number of benzene rings is 1. The minimum absolute atomic E-state index is 0. The molecule has 1 atom stereocenters. The third kappa shape index (κ3) is 2.96. The highest BCUT2D eigenvalue weighted by atomic mass is 35.5. The summed E-state index contributed by atoms with van der Waals surface area (Å²) in [4.78, 5) is 0. The molecule has 1 aromatic carbocycles. The summed E-state index contributed by atoms with van der Waals surface area (Å²) in [6.07, 6.45) is 2.57. The van der Waals surface area contributed by atoms with Crippen LogP contribution in [0.15, 0.2) is 24.3 Å². The Hall–Kier alpha value is -0.600. The number of hydrogen-bond donors (Lipinski definition) is 1. The van der Waals surface area contributed by atoms with Gasteiger partial charge in [-0.2, -0.15) is 0 Å². The minimum Gasteiger partial charge on any atom is -0.307 e. The number of nitrogens with one attached hydrogen (secondary N) is 1. The quantitative estimate of drug-likeness (QED) is 0.817. The first-order valence-electron chi connectivity index (χ1n) is 4.77. The molecule has 0 saturated heterocycles. The van der Waals surface area contributed by atoms with E-state index in [1.54, 1.807) is 0 Å². The lowest BCUT2D eigenvalue weighted by atomic mass is 10.1. The van der Waals surface area contributed by atoms with Gasteiger partial charge in [-0.3, -0.25) is 0 Å². The van der Waals surface area contributed by atoms with E-state index in [0.29, 0.717) is 12.1 Å². The Bertz CT molecular complexity index is 282. The van der Waals surface area contributed by atoms with E-state index in [1.165, 1.54) is 25.0 Å². The van der Waals surface area contributed by atoms with Crippen LogP contribution >= 0.6 is 12.4 Å². The molecule has 1 nitrogen and oxygen atoms in total. The second kappa shape index (κ2) is 4.76. The minimum atomic E-state index is -0.164. The first-order valence-corrected chi connectivity index (χ1v) is 4.77. The second-order valence-electron chi connectivity index (χ2n) is 3.71. The van der Waals surface area contributed by atoms with Crippen molar-refractivity contribution in [3.8, 4) is 0 Å². The third-order valence-electron chi connectivity index (χ3n) is 2.43. The average molecular weight is 216 g/mol. The molecule has 1 aliphatic carbocycles. The molecule has 1 aromatic rings. The van der Waals surface area contributed by atoms with Crippen LogP contribution in [-0.2, 0) is 0 Å². The van der Waals surface area contributed by atoms with Crippen molar-refractivity contribution in [1.29, 1.82) is 0 Å². The molecule has 0 amide bonds. The maximum absolute atomic E-state index is 12.6. The molecule has 3 heteroatoms. The largest absolute Gasteiger partial charge is 0.307 e. The third-order valence-corrected chi connectivity index (χ3v) is 2.43. The zero-order valence-electron chi connectivity index (χ0n) is 8.16. The predicted octanol–water partition coefficient (Wildman–Crippen LogP) is 3.06. The number of halogens is 2. The summed E-state index contributed by atoms with van der Waals surface area (Å²) in [5, 5.41) is 3.47. The van der Waals surface area contributed by atoms with Gasteiger partial charge in [0.25, 0.3) is 0 Å². The van der Waals surface area contributed by atoms with E-state index in [0.717, 1.165) is 5.56 Å². The van der Waals surface area contributed by atoms with Crippen molar-refractivity contribution in [2.24, 2.45) is 0 Å². The van der Waals surface area contributed by atoms with E-state index in [4.69, 9.17) is 0 Å². The van der Waals surface area contributed by atoms with Crippen LogP contribution < -0.4 is 5.32 Å². The summed E-state index contributed by atoms with van der Waals surface area (Å²) in [5.41, 5.74) is 1.16. The fourth-order valence-electron chi connectivity index (χ4n) is 1.45. The fraction of sp³-hybridized carbons (Fsp3) is 0.455. The van der Waals surface area contributed by atoms with Gasteiger partial charge in [0.2, 0.25) is 0 Å². The van der Waals surface area contributed by atoms with Crippen LogP contribution in [0, 0.1) is 5.82 Å². The smallest absolute Gasteiger partial charge is 0.123 e. The molecule has 0 aromatic heterocycles. The SMILES string of the molecule is CC(NC1CC1)c1ccc(F)cc1.Cl. The van der Waals surface area contributed by atoms with Gasteiger partial charge in [0, 0.05) is 12.1 Å². The van der Waals surface area contributed by atoms with Gasteiger partial charge >= 0.3 is 0 Å². The molecular weight excluding hydrogens is 201 g/mol. The molecule has 1 N–H and O–H groups in total.